The average Bonchev–Trinajstić information content (AvgIpc) is 3.14. The third-order valence-electron chi connectivity index (χ3n) is 9.46. The predicted octanol–water partition coefficient (Wildman–Crippen LogP) is 13.0. The molecule has 0 amide bonds. The lowest BCUT2D eigenvalue weighted by molar-refractivity contribution is 1.60. The molecule has 0 aliphatic carbocycles. The topological polar surface area (TPSA) is 0 Å². The van der Waals surface area contributed by atoms with Gasteiger partial charge in [0, 0.05) is 0 Å². The maximum atomic E-state index is 2.31. The minimum absolute atomic E-state index is 1.23. The largest absolute Gasteiger partial charge is 0.0616 e. The van der Waals surface area contributed by atoms with E-state index in [9.17, 15) is 0 Å². The summed E-state index contributed by atoms with van der Waals surface area (Å²) in [4.78, 5) is 0. The predicted molar refractivity (Wildman–Crippen MR) is 198 cm³/mol. The molecule has 0 bridgehead atoms. The van der Waals surface area contributed by atoms with Crippen molar-refractivity contribution >= 4 is 43.1 Å². The van der Waals surface area contributed by atoms with E-state index >= 15 is 0 Å². The molecule has 0 saturated heterocycles. The van der Waals surface area contributed by atoms with E-state index < -0.39 is 0 Å². The van der Waals surface area contributed by atoms with Gasteiger partial charge in [0.1, 0.15) is 0 Å². The van der Waals surface area contributed by atoms with Gasteiger partial charge in [0.05, 0.1) is 0 Å². The summed E-state index contributed by atoms with van der Waals surface area (Å²) in [6.45, 7) is 0. The van der Waals surface area contributed by atoms with Crippen LogP contribution in [0, 0.1) is 0 Å². The van der Waals surface area contributed by atoms with Gasteiger partial charge in [0.25, 0.3) is 0 Å². The Hall–Kier alpha value is -5.98. The fourth-order valence-corrected chi connectivity index (χ4v) is 6.97. The Kier molecular flexibility index (Phi) is 6.25. The van der Waals surface area contributed by atoms with Crippen molar-refractivity contribution < 1.29 is 0 Å². The van der Waals surface area contributed by atoms with Crippen molar-refractivity contribution in [1.82, 2.24) is 0 Å². The summed E-state index contributed by atoms with van der Waals surface area (Å²) >= 11 is 0. The lowest BCUT2D eigenvalue weighted by Gasteiger charge is -2.10. The summed E-state index contributed by atoms with van der Waals surface area (Å²) in [6.07, 6.45) is 0. The van der Waals surface area contributed by atoms with Gasteiger partial charge < -0.3 is 0 Å². The lowest BCUT2D eigenvalue weighted by atomic mass is 9.94. The molecule has 0 unspecified atom stereocenters. The Morgan fingerprint density at radius 1 is 0.196 bits per heavy atom. The van der Waals surface area contributed by atoms with Gasteiger partial charge in [-0.05, 0) is 106 Å². The highest BCUT2D eigenvalue weighted by atomic mass is 14.1. The first kappa shape index (κ1) is 26.4. The molecular weight excluding hydrogens is 553 g/mol. The van der Waals surface area contributed by atoms with Gasteiger partial charge in [-0.15, -0.1) is 0 Å². The fourth-order valence-electron chi connectivity index (χ4n) is 6.97. The van der Waals surface area contributed by atoms with Crippen molar-refractivity contribution in [3.63, 3.8) is 0 Å². The average molecular weight is 583 g/mol. The highest BCUT2D eigenvalue weighted by molar-refractivity contribution is 6.08. The second-order valence-electron chi connectivity index (χ2n) is 12.2. The number of hydrogen-bond donors (Lipinski definition) is 0. The summed E-state index contributed by atoms with van der Waals surface area (Å²) in [5.41, 5.74) is 9.91. The third-order valence-corrected chi connectivity index (χ3v) is 9.46. The van der Waals surface area contributed by atoms with Crippen LogP contribution < -0.4 is 0 Å². The maximum Gasteiger partial charge on any atom is -0.0105 e. The zero-order valence-corrected chi connectivity index (χ0v) is 25.3. The molecule has 0 atom stereocenters. The lowest BCUT2D eigenvalue weighted by Crippen LogP contribution is -1.84. The molecule has 0 saturated carbocycles. The van der Waals surface area contributed by atoms with Crippen LogP contribution >= 0.6 is 0 Å². The van der Waals surface area contributed by atoms with Crippen LogP contribution in [0.15, 0.2) is 182 Å². The van der Waals surface area contributed by atoms with Crippen LogP contribution in [-0.4, -0.2) is 0 Å². The first-order valence-corrected chi connectivity index (χ1v) is 15.9. The normalized spacial score (nSPS) is 11.5. The molecule has 0 heterocycles. The van der Waals surface area contributed by atoms with Crippen molar-refractivity contribution in [3.8, 4) is 44.5 Å². The number of rotatable bonds is 4. The van der Waals surface area contributed by atoms with Crippen molar-refractivity contribution in [2.75, 3.05) is 0 Å². The van der Waals surface area contributed by atoms with Gasteiger partial charge in [-0.2, -0.15) is 0 Å². The monoisotopic (exact) mass is 582 g/mol. The summed E-state index contributed by atoms with van der Waals surface area (Å²) in [5, 5.41) is 10.2. The van der Waals surface area contributed by atoms with Gasteiger partial charge in [0.2, 0.25) is 0 Å². The minimum Gasteiger partial charge on any atom is -0.0616 e. The minimum atomic E-state index is 1.23. The molecule has 0 fully saturated rings. The highest BCUT2D eigenvalue weighted by Gasteiger charge is 2.08. The highest BCUT2D eigenvalue weighted by Crippen LogP contribution is 2.34. The second-order valence-corrected chi connectivity index (χ2v) is 12.2. The van der Waals surface area contributed by atoms with Crippen LogP contribution in [0.3, 0.4) is 0 Å². The van der Waals surface area contributed by atoms with E-state index in [1.807, 2.05) is 0 Å². The van der Waals surface area contributed by atoms with Gasteiger partial charge in [-0.1, -0.05) is 164 Å². The molecule has 0 N–H and O–H groups in total. The first-order valence-electron chi connectivity index (χ1n) is 15.9. The van der Waals surface area contributed by atoms with Crippen molar-refractivity contribution in [1.29, 1.82) is 0 Å². The van der Waals surface area contributed by atoms with E-state index in [1.165, 1.54) is 87.6 Å². The first-order chi connectivity index (χ1) is 22.8. The molecule has 9 aromatic rings. The molecule has 0 radical (unpaired) electrons. The van der Waals surface area contributed by atoms with Gasteiger partial charge in [-0.3, -0.25) is 0 Å². The van der Waals surface area contributed by atoms with Crippen molar-refractivity contribution in [2.24, 2.45) is 0 Å². The van der Waals surface area contributed by atoms with E-state index in [0.717, 1.165) is 0 Å². The van der Waals surface area contributed by atoms with Crippen LogP contribution in [0.5, 0.6) is 0 Å². The van der Waals surface area contributed by atoms with Crippen molar-refractivity contribution in [3.05, 3.63) is 182 Å². The molecule has 0 heteroatoms. The van der Waals surface area contributed by atoms with Gasteiger partial charge >= 0.3 is 0 Å². The molecule has 0 aliphatic heterocycles. The van der Waals surface area contributed by atoms with E-state index in [2.05, 4.69) is 182 Å². The maximum absolute atomic E-state index is 2.31. The van der Waals surface area contributed by atoms with Crippen LogP contribution in [0.1, 0.15) is 0 Å². The summed E-state index contributed by atoms with van der Waals surface area (Å²) < 4.78 is 0. The van der Waals surface area contributed by atoms with E-state index in [-0.39, 0.29) is 0 Å². The van der Waals surface area contributed by atoms with Gasteiger partial charge in [-0.25, -0.2) is 0 Å². The number of hydrogen-bond acceptors (Lipinski definition) is 0. The van der Waals surface area contributed by atoms with Gasteiger partial charge in [0.15, 0.2) is 0 Å². The quantitative estimate of drug-likeness (QED) is 0.181. The Bertz CT molecular complexity index is 2550. The number of fused-ring (bicyclic) bond motifs is 5. The molecule has 0 aromatic heterocycles. The molecule has 9 rings (SSSR count). The molecule has 214 valence electrons. The van der Waals surface area contributed by atoms with Crippen molar-refractivity contribution in [2.45, 2.75) is 0 Å². The smallest absolute Gasteiger partial charge is 0.0105 e. The van der Waals surface area contributed by atoms with E-state index in [1.54, 1.807) is 0 Å². The van der Waals surface area contributed by atoms with Crippen LogP contribution in [-0.2, 0) is 0 Å². The Balaban J connectivity index is 0.975. The molecule has 0 aliphatic rings. The Morgan fingerprint density at radius 2 is 0.587 bits per heavy atom. The fraction of sp³-hybridized carbons (Fsp3) is 0. The van der Waals surface area contributed by atoms with E-state index in [0.29, 0.717) is 0 Å². The third kappa shape index (κ3) is 4.64. The summed E-state index contributed by atoms with van der Waals surface area (Å²) in [6, 6.07) is 66.5. The number of benzene rings is 9. The molecular formula is C46H30. The molecule has 0 spiro atoms. The zero-order valence-electron chi connectivity index (χ0n) is 25.3. The summed E-state index contributed by atoms with van der Waals surface area (Å²) in [5.74, 6) is 0. The van der Waals surface area contributed by atoms with Crippen LogP contribution in [0.2, 0.25) is 0 Å². The Morgan fingerprint density at radius 3 is 1.22 bits per heavy atom. The van der Waals surface area contributed by atoms with E-state index in [4.69, 9.17) is 0 Å². The molecule has 9 aromatic carbocycles. The molecule has 0 nitrogen and oxygen atoms in total. The SMILES string of the molecule is c1ccc2c(-c3ccc(-c4ccc5cc(-c6ccc(-c7ccc8c(ccc9ccccc98)c7)cc6)ccc5c4)cc3)cccc2c1. The standard InChI is InChI=1S/C46H30/c1-3-9-43-34(6-1)8-5-11-45(43)36-18-16-33(17-19-36)38-22-24-40-28-37(21-23-41(40)29-38)31-12-14-32(15-13-31)39-26-27-46-42(30-39)25-20-35-7-2-4-10-44(35)46/h1-30H. The van der Waals surface area contributed by atoms with Crippen LogP contribution in [0.4, 0.5) is 0 Å². The van der Waals surface area contributed by atoms with Crippen LogP contribution in [0.25, 0.3) is 87.6 Å². The Labute approximate surface area is 268 Å². The summed E-state index contributed by atoms with van der Waals surface area (Å²) in [7, 11) is 0. The zero-order chi connectivity index (χ0) is 30.5. The molecule has 46 heavy (non-hydrogen) atoms. The second kappa shape index (κ2) is 10.9.